The van der Waals surface area contributed by atoms with E-state index in [4.69, 9.17) is 0 Å². The monoisotopic (exact) mass is 435 g/mol. The minimum absolute atomic E-state index is 0.105. The molecule has 0 heterocycles. The highest BCUT2D eigenvalue weighted by Crippen LogP contribution is 2.17. The number of nitrogens with zero attached hydrogens (tertiary/aromatic N) is 1. The Morgan fingerprint density at radius 2 is 1.66 bits per heavy atom. The van der Waals surface area contributed by atoms with Crippen LogP contribution >= 0.6 is 11.8 Å². The summed E-state index contributed by atoms with van der Waals surface area (Å²) in [4.78, 5) is 24.3. The zero-order valence-electron chi connectivity index (χ0n) is 16.6. The Bertz CT molecular complexity index is 932. The predicted octanol–water partition coefficient (Wildman–Crippen LogP) is 2.08. The van der Waals surface area contributed by atoms with Crippen LogP contribution < -0.4 is 10.9 Å². The number of carbonyl (C=O) groups is 2. The highest BCUT2D eigenvalue weighted by molar-refractivity contribution is 7.99. The predicted molar refractivity (Wildman–Crippen MR) is 114 cm³/mol. The smallest absolute Gasteiger partial charge is 0.253 e. The van der Waals surface area contributed by atoms with Crippen molar-refractivity contribution in [1.29, 1.82) is 0 Å². The molecule has 0 aliphatic carbocycles. The van der Waals surface area contributed by atoms with Crippen molar-refractivity contribution in [2.75, 3.05) is 13.6 Å². The number of hydrogen-bond donors (Lipinski definition) is 2. The molecule has 2 aromatic rings. The Labute approximate surface area is 175 Å². The average Bonchev–Trinajstić information content (AvgIpc) is 2.71. The van der Waals surface area contributed by atoms with Crippen LogP contribution in [-0.2, 0) is 25.4 Å². The van der Waals surface area contributed by atoms with Gasteiger partial charge in [0.1, 0.15) is 0 Å². The molecule has 0 saturated carbocycles. The topological polar surface area (TPSA) is 95.6 Å². The lowest BCUT2D eigenvalue weighted by atomic mass is 10.2. The summed E-state index contributed by atoms with van der Waals surface area (Å²) in [5.74, 6) is -0.318. The van der Waals surface area contributed by atoms with Crippen molar-refractivity contribution in [3.8, 4) is 0 Å². The Kier molecular flexibility index (Phi) is 8.24. The number of thioether (sulfide) groups is 1. The molecule has 2 amide bonds. The molecule has 2 aromatic carbocycles. The molecular formula is C20H25N3O4S2. The number of sulfonamides is 1. The quantitative estimate of drug-likeness (QED) is 0.619. The summed E-state index contributed by atoms with van der Waals surface area (Å²) < 4.78 is 25.9. The zero-order chi connectivity index (χ0) is 21.4. The molecule has 1 atom stereocenters. The number of benzene rings is 2. The summed E-state index contributed by atoms with van der Waals surface area (Å²) in [6, 6.07) is 16.1. The zero-order valence-corrected chi connectivity index (χ0v) is 18.2. The number of rotatable bonds is 8. The molecular weight excluding hydrogens is 410 g/mol. The van der Waals surface area contributed by atoms with Crippen molar-refractivity contribution >= 4 is 33.6 Å². The van der Waals surface area contributed by atoms with E-state index in [1.807, 2.05) is 37.3 Å². The highest BCUT2D eigenvalue weighted by atomic mass is 32.2. The summed E-state index contributed by atoms with van der Waals surface area (Å²) in [6.07, 6.45) is 0. The summed E-state index contributed by atoms with van der Waals surface area (Å²) in [6.45, 7) is 3.18. The molecule has 2 rings (SSSR count). The third-order valence-electron chi connectivity index (χ3n) is 4.13. The van der Waals surface area contributed by atoms with E-state index in [9.17, 15) is 18.0 Å². The van der Waals surface area contributed by atoms with E-state index in [0.717, 1.165) is 15.4 Å². The van der Waals surface area contributed by atoms with Gasteiger partial charge >= 0.3 is 0 Å². The number of amides is 2. The molecule has 7 nitrogen and oxygen atoms in total. The van der Waals surface area contributed by atoms with Gasteiger partial charge < -0.3 is 0 Å². The minimum Gasteiger partial charge on any atom is -0.272 e. The Morgan fingerprint density at radius 1 is 1.03 bits per heavy atom. The molecule has 0 saturated heterocycles. The van der Waals surface area contributed by atoms with E-state index >= 15 is 0 Å². The van der Waals surface area contributed by atoms with Gasteiger partial charge in [0.2, 0.25) is 10.0 Å². The second-order valence-electron chi connectivity index (χ2n) is 6.55. The lowest BCUT2D eigenvalue weighted by Gasteiger charge is -2.18. The van der Waals surface area contributed by atoms with Crippen molar-refractivity contribution in [3.05, 3.63) is 65.7 Å². The van der Waals surface area contributed by atoms with Crippen LogP contribution in [0, 0.1) is 6.92 Å². The molecule has 0 aromatic heterocycles. The van der Waals surface area contributed by atoms with Crippen molar-refractivity contribution in [3.63, 3.8) is 0 Å². The number of hydrogen-bond acceptors (Lipinski definition) is 5. The molecule has 0 bridgehead atoms. The molecule has 9 heteroatoms. The van der Waals surface area contributed by atoms with Gasteiger partial charge in [-0.3, -0.25) is 20.4 Å². The van der Waals surface area contributed by atoms with Gasteiger partial charge in [-0.05, 0) is 31.5 Å². The fraction of sp³-hybridized carbons (Fsp3) is 0.300. The van der Waals surface area contributed by atoms with E-state index in [1.54, 1.807) is 19.1 Å². The number of nitrogens with one attached hydrogen (secondary N) is 2. The van der Waals surface area contributed by atoms with Gasteiger partial charge in [0.25, 0.3) is 11.8 Å². The SMILES string of the molecule is Cc1ccc(S(=O)(=O)N(C)CC(=O)NNC(=O)C(C)SCc2ccccc2)cc1. The molecule has 0 fully saturated rings. The van der Waals surface area contributed by atoms with Crippen molar-refractivity contribution < 1.29 is 18.0 Å². The fourth-order valence-corrected chi connectivity index (χ4v) is 4.29. The lowest BCUT2D eigenvalue weighted by Crippen LogP contribution is -2.48. The number of carbonyl (C=O) groups excluding carboxylic acids is 2. The maximum absolute atomic E-state index is 12.5. The van der Waals surface area contributed by atoms with Gasteiger partial charge in [0.15, 0.2) is 0 Å². The van der Waals surface area contributed by atoms with Crippen LogP contribution in [0.25, 0.3) is 0 Å². The van der Waals surface area contributed by atoms with Gasteiger partial charge in [-0.2, -0.15) is 4.31 Å². The first-order chi connectivity index (χ1) is 13.7. The van der Waals surface area contributed by atoms with Gasteiger partial charge in [-0.1, -0.05) is 48.0 Å². The first kappa shape index (κ1) is 22.9. The van der Waals surface area contributed by atoms with Gasteiger partial charge in [0.05, 0.1) is 16.7 Å². The van der Waals surface area contributed by atoms with Crippen LogP contribution in [0.2, 0.25) is 0 Å². The summed E-state index contributed by atoms with van der Waals surface area (Å²) in [5, 5.41) is -0.385. The van der Waals surface area contributed by atoms with E-state index in [-0.39, 0.29) is 16.1 Å². The first-order valence-corrected chi connectivity index (χ1v) is 11.5. The Balaban J connectivity index is 1.80. The molecule has 156 valence electrons. The van der Waals surface area contributed by atoms with E-state index in [2.05, 4.69) is 10.9 Å². The molecule has 0 radical (unpaired) electrons. The van der Waals surface area contributed by atoms with Crippen molar-refractivity contribution in [2.45, 2.75) is 29.7 Å². The highest BCUT2D eigenvalue weighted by Gasteiger charge is 2.23. The first-order valence-electron chi connectivity index (χ1n) is 8.97. The van der Waals surface area contributed by atoms with Crippen LogP contribution in [0.15, 0.2) is 59.5 Å². The second kappa shape index (κ2) is 10.4. The van der Waals surface area contributed by atoms with Crippen LogP contribution in [0.5, 0.6) is 0 Å². The molecule has 2 N–H and O–H groups in total. The lowest BCUT2D eigenvalue weighted by molar-refractivity contribution is -0.128. The van der Waals surface area contributed by atoms with Gasteiger partial charge in [0, 0.05) is 12.8 Å². The maximum atomic E-state index is 12.5. The van der Waals surface area contributed by atoms with Crippen LogP contribution in [-0.4, -0.2) is 43.4 Å². The summed E-state index contributed by atoms with van der Waals surface area (Å²) in [5.41, 5.74) is 6.65. The third kappa shape index (κ3) is 6.88. The fourth-order valence-electron chi connectivity index (χ4n) is 2.32. The summed E-state index contributed by atoms with van der Waals surface area (Å²) >= 11 is 1.44. The van der Waals surface area contributed by atoms with Crippen molar-refractivity contribution in [1.82, 2.24) is 15.2 Å². The Hall–Kier alpha value is -2.36. The van der Waals surface area contributed by atoms with Crippen LogP contribution in [0.1, 0.15) is 18.1 Å². The standard InChI is InChI=1S/C20H25N3O4S2/c1-15-9-11-18(12-10-15)29(26,27)23(3)13-19(24)21-22-20(25)16(2)28-14-17-7-5-4-6-8-17/h4-12,16H,13-14H2,1-3H3,(H,21,24)(H,22,25). The molecule has 29 heavy (non-hydrogen) atoms. The normalized spacial score (nSPS) is 12.4. The van der Waals surface area contributed by atoms with Gasteiger partial charge in [-0.15, -0.1) is 11.8 Å². The number of hydrazine groups is 1. The average molecular weight is 436 g/mol. The van der Waals surface area contributed by atoms with Crippen LogP contribution in [0.3, 0.4) is 0 Å². The Morgan fingerprint density at radius 3 is 2.28 bits per heavy atom. The third-order valence-corrected chi connectivity index (χ3v) is 7.16. The minimum atomic E-state index is -3.79. The van der Waals surface area contributed by atoms with E-state index in [0.29, 0.717) is 5.75 Å². The van der Waals surface area contributed by atoms with Gasteiger partial charge in [-0.25, -0.2) is 8.42 Å². The summed E-state index contributed by atoms with van der Waals surface area (Å²) in [7, 11) is -2.47. The van der Waals surface area contributed by atoms with Crippen molar-refractivity contribution in [2.24, 2.45) is 0 Å². The van der Waals surface area contributed by atoms with E-state index < -0.39 is 22.5 Å². The largest absolute Gasteiger partial charge is 0.272 e. The second-order valence-corrected chi connectivity index (χ2v) is 9.92. The molecule has 0 aliphatic rings. The van der Waals surface area contributed by atoms with E-state index in [1.165, 1.54) is 30.9 Å². The molecule has 0 aliphatic heterocycles. The number of likely N-dealkylation sites (N-methyl/N-ethyl adjacent to an activating group) is 1. The maximum Gasteiger partial charge on any atom is 0.253 e. The molecule has 0 spiro atoms. The number of aryl methyl sites for hydroxylation is 1. The van der Waals surface area contributed by atoms with Crippen LogP contribution in [0.4, 0.5) is 0 Å². The molecule has 1 unspecified atom stereocenters.